The summed E-state index contributed by atoms with van der Waals surface area (Å²) in [6.45, 7) is 13.3. The third-order valence-electron chi connectivity index (χ3n) is 3.43. The molecule has 0 aliphatic rings. The highest BCUT2D eigenvalue weighted by molar-refractivity contribution is 5.86. The second-order valence-corrected chi connectivity index (χ2v) is 8.02. The maximum absolute atomic E-state index is 11.8. The van der Waals surface area contributed by atoms with E-state index in [1.165, 1.54) is 11.1 Å². The maximum atomic E-state index is 11.8. The Morgan fingerprint density at radius 3 is 2.04 bits per heavy atom. The van der Waals surface area contributed by atoms with Crippen LogP contribution in [0.25, 0.3) is 0 Å². The van der Waals surface area contributed by atoms with Gasteiger partial charge in [0.15, 0.2) is 5.96 Å². The van der Waals surface area contributed by atoms with Gasteiger partial charge < -0.3 is 16.0 Å². The van der Waals surface area contributed by atoms with Crippen molar-refractivity contribution in [2.75, 3.05) is 13.6 Å². The number of rotatable bonds is 4. The molecule has 0 aliphatic heterocycles. The lowest BCUT2D eigenvalue weighted by atomic mass is 9.87. The van der Waals surface area contributed by atoms with Crippen LogP contribution in [0, 0.1) is 0 Å². The molecule has 0 aliphatic carbocycles. The van der Waals surface area contributed by atoms with Crippen LogP contribution in [-0.4, -0.2) is 31.0 Å². The standard InChI is InChI=1S/C19H32N4O/c1-18(2,3)15-10-8-14(9-11-15)12-21-17(20-7)22-13-16(24)23-19(4,5)6/h8-11H,12-13H2,1-7H3,(H,23,24)(H2,20,21,22). The second-order valence-electron chi connectivity index (χ2n) is 8.02. The first-order valence-corrected chi connectivity index (χ1v) is 8.36. The van der Waals surface area contributed by atoms with Gasteiger partial charge >= 0.3 is 0 Å². The Kier molecular flexibility index (Phi) is 6.81. The fourth-order valence-electron chi connectivity index (χ4n) is 2.16. The average Bonchev–Trinajstić information content (AvgIpc) is 2.45. The minimum Gasteiger partial charge on any atom is -0.352 e. The van der Waals surface area contributed by atoms with Crippen LogP contribution in [0.15, 0.2) is 29.3 Å². The summed E-state index contributed by atoms with van der Waals surface area (Å²) in [4.78, 5) is 16.0. The zero-order valence-corrected chi connectivity index (χ0v) is 16.1. The van der Waals surface area contributed by atoms with E-state index in [9.17, 15) is 4.79 Å². The van der Waals surface area contributed by atoms with E-state index >= 15 is 0 Å². The fourth-order valence-corrected chi connectivity index (χ4v) is 2.16. The van der Waals surface area contributed by atoms with Crippen LogP contribution >= 0.6 is 0 Å². The summed E-state index contributed by atoms with van der Waals surface area (Å²) in [5.41, 5.74) is 2.41. The van der Waals surface area contributed by atoms with Gasteiger partial charge in [0.05, 0.1) is 6.54 Å². The summed E-state index contributed by atoms with van der Waals surface area (Å²) in [6, 6.07) is 8.55. The highest BCUT2D eigenvalue weighted by Crippen LogP contribution is 2.22. The molecule has 0 unspecified atom stereocenters. The maximum Gasteiger partial charge on any atom is 0.239 e. The first-order chi connectivity index (χ1) is 11.0. The molecule has 0 fully saturated rings. The molecule has 1 rings (SSSR count). The molecule has 0 radical (unpaired) electrons. The molecule has 0 bridgehead atoms. The summed E-state index contributed by atoms with van der Waals surface area (Å²) < 4.78 is 0. The van der Waals surface area contributed by atoms with Crippen molar-refractivity contribution in [1.82, 2.24) is 16.0 Å². The van der Waals surface area contributed by atoms with Crippen LogP contribution < -0.4 is 16.0 Å². The highest BCUT2D eigenvalue weighted by Gasteiger charge is 2.14. The molecule has 5 heteroatoms. The van der Waals surface area contributed by atoms with Crippen LogP contribution in [0.3, 0.4) is 0 Å². The average molecular weight is 332 g/mol. The zero-order chi connectivity index (χ0) is 18.4. The predicted molar refractivity (Wildman–Crippen MR) is 101 cm³/mol. The van der Waals surface area contributed by atoms with E-state index in [-0.39, 0.29) is 23.4 Å². The Morgan fingerprint density at radius 1 is 1.00 bits per heavy atom. The molecule has 0 saturated heterocycles. The summed E-state index contributed by atoms with van der Waals surface area (Å²) in [5, 5.41) is 9.15. The van der Waals surface area contributed by atoms with E-state index in [4.69, 9.17) is 0 Å². The largest absolute Gasteiger partial charge is 0.352 e. The number of aliphatic imine (C=N–C) groups is 1. The number of hydrogen-bond acceptors (Lipinski definition) is 2. The molecule has 134 valence electrons. The van der Waals surface area contributed by atoms with E-state index in [0.29, 0.717) is 12.5 Å². The van der Waals surface area contributed by atoms with Crippen LogP contribution in [0.4, 0.5) is 0 Å². The Balaban J connectivity index is 2.48. The van der Waals surface area contributed by atoms with Gasteiger partial charge in [0.2, 0.25) is 5.91 Å². The molecule has 3 N–H and O–H groups in total. The van der Waals surface area contributed by atoms with Crippen LogP contribution in [0.2, 0.25) is 0 Å². The Hall–Kier alpha value is -2.04. The number of guanidine groups is 1. The quantitative estimate of drug-likeness (QED) is 0.586. The third kappa shape index (κ3) is 7.49. The van der Waals surface area contributed by atoms with E-state index in [1.807, 2.05) is 20.8 Å². The van der Waals surface area contributed by atoms with Gasteiger partial charge in [-0.15, -0.1) is 0 Å². The normalized spacial score (nSPS) is 12.7. The van der Waals surface area contributed by atoms with Crippen molar-refractivity contribution in [3.8, 4) is 0 Å². The SMILES string of the molecule is CN=C(NCC(=O)NC(C)(C)C)NCc1ccc(C(C)(C)C)cc1. The Labute approximate surface area is 146 Å². The highest BCUT2D eigenvalue weighted by atomic mass is 16.2. The number of carbonyl (C=O) groups is 1. The van der Waals surface area contributed by atoms with Crippen molar-refractivity contribution in [3.63, 3.8) is 0 Å². The molecule has 0 saturated carbocycles. The van der Waals surface area contributed by atoms with Gasteiger partial charge in [0.1, 0.15) is 0 Å². The topological polar surface area (TPSA) is 65.5 Å². The molecule has 24 heavy (non-hydrogen) atoms. The molecule has 1 aromatic carbocycles. The predicted octanol–water partition coefficient (Wildman–Crippen LogP) is 2.56. The van der Waals surface area contributed by atoms with E-state index in [1.54, 1.807) is 7.05 Å². The molecule has 1 amide bonds. The third-order valence-corrected chi connectivity index (χ3v) is 3.43. The molecule has 1 aromatic rings. The minimum atomic E-state index is -0.232. The molecule has 0 spiro atoms. The van der Waals surface area contributed by atoms with Gasteiger partial charge in [-0.25, -0.2) is 0 Å². The summed E-state index contributed by atoms with van der Waals surface area (Å²) in [7, 11) is 1.69. The Bertz CT molecular complexity index is 563. The Morgan fingerprint density at radius 2 is 1.58 bits per heavy atom. The summed E-state index contributed by atoms with van der Waals surface area (Å²) in [5.74, 6) is 0.555. The summed E-state index contributed by atoms with van der Waals surface area (Å²) >= 11 is 0. The van der Waals surface area contributed by atoms with Gasteiger partial charge in [-0.2, -0.15) is 0 Å². The van der Waals surface area contributed by atoms with Crippen molar-refractivity contribution in [2.45, 2.75) is 59.0 Å². The zero-order valence-electron chi connectivity index (χ0n) is 16.1. The van der Waals surface area contributed by atoms with E-state index < -0.39 is 0 Å². The van der Waals surface area contributed by atoms with Crippen molar-refractivity contribution in [3.05, 3.63) is 35.4 Å². The van der Waals surface area contributed by atoms with Gasteiger partial charge in [0, 0.05) is 19.1 Å². The van der Waals surface area contributed by atoms with Gasteiger partial charge in [-0.05, 0) is 37.3 Å². The number of hydrogen-bond donors (Lipinski definition) is 3. The van der Waals surface area contributed by atoms with Crippen molar-refractivity contribution in [2.24, 2.45) is 4.99 Å². The molecular formula is C19H32N4O. The molecular weight excluding hydrogens is 300 g/mol. The molecule has 0 heterocycles. The van der Waals surface area contributed by atoms with Gasteiger partial charge in [0.25, 0.3) is 0 Å². The monoisotopic (exact) mass is 332 g/mol. The lowest BCUT2D eigenvalue weighted by Gasteiger charge is -2.21. The van der Waals surface area contributed by atoms with Crippen LogP contribution in [-0.2, 0) is 16.8 Å². The fraction of sp³-hybridized carbons (Fsp3) is 0.579. The minimum absolute atomic E-state index is 0.0556. The van der Waals surface area contributed by atoms with Gasteiger partial charge in [-0.3, -0.25) is 9.79 Å². The number of nitrogens with one attached hydrogen (secondary N) is 3. The number of amides is 1. The van der Waals surface area contributed by atoms with E-state index in [2.05, 4.69) is 66.0 Å². The van der Waals surface area contributed by atoms with Crippen molar-refractivity contribution in [1.29, 1.82) is 0 Å². The van der Waals surface area contributed by atoms with Crippen LogP contribution in [0.5, 0.6) is 0 Å². The van der Waals surface area contributed by atoms with Crippen LogP contribution in [0.1, 0.15) is 52.7 Å². The molecule has 5 nitrogen and oxygen atoms in total. The lowest BCUT2D eigenvalue weighted by molar-refractivity contribution is -0.121. The number of nitrogens with zero attached hydrogens (tertiary/aromatic N) is 1. The van der Waals surface area contributed by atoms with Gasteiger partial charge in [-0.1, -0.05) is 45.0 Å². The first-order valence-electron chi connectivity index (χ1n) is 8.36. The van der Waals surface area contributed by atoms with E-state index in [0.717, 1.165) is 0 Å². The number of benzene rings is 1. The second kappa shape index (κ2) is 8.18. The smallest absolute Gasteiger partial charge is 0.239 e. The molecule has 0 atom stereocenters. The van der Waals surface area contributed by atoms with Crippen molar-refractivity contribution < 1.29 is 4.79 Å². The first kappa shape index (κ1) is 20.0. The number of carbonyl (C=O) groups excluding carboxylic acids is 1. The lowest BCUT2D eigenvalue weighted by Crippen LogP contribution is -2.48. The van der Waals surface area contributed by atoms with Crippen molar-refractivity contribution >= 4 is 11.9 Å². The molecule has 0 aromatic heterocycles. The summed E-state index contributed by atoms with van der Waals surface area (Å²) in [6.07, 6.45) is 0.